The Hall–Kier alpha value is -1.12. The summed E-state index contributed by atoms with van der Waals surface area (Å²) in [5, 5.41) is 0. The van der Waals surface area contributed by atoms with Crippen molar-refractivity contribution in [3.8, 4) is 0 Å². The van der Waals surface area contributed by atoms with Crippen molar-refractivity contribution in [3.05, 3.63) is 12.7 Å². The van der Waals surface area contributed by atoms with E-state index in [4.69, 9.17) is 4.74 Å². The highest BCUT2D eigenvalue weighted by Crippen LogP contribution is 2.29. The summed E-state index contributed by atoms with van der Waals surface area (Å²) in [6.07, 6.45) is 5.98. The molecule has 1 fully saturated rings. The lowest BCUT2D eigenvalue weighted by atomic mass is 9.78. The van der Waals surface area contributed by atoms with Gasteiger partial charge in [0.25, 0.3) is 0 Å². The van der Waals surface area contributed by atoms with Gasteiger partial charge in [-0.15, -0.1) is 6.58 Å². The van der Waals surface area contributed by atoms with Gasteiger partial charge in [-0.25, -0.2) is 0 Å². The van der Waals surface area contributed by atoms with Crippen LogP contribution in [0, 0.1) is 11.8 Å². The normalized spacial score (nSPS) is 25.2. The first kappa shape index (κ1) is 12.9. The van der Waals surface area contributed by atoms with E-state index in [2.05, 4.69) is 6.58 Å². The van der Waals surface area contributed by atoms with Gasteiger partial charge in [-0.05, 0) is 32.6 Å². The van der Waals surface area contributed by atoms with Crippen LogP contribution in [0.4, 0.5) is 0 Å². The van der Waals surface area contributed by atoms with Crippen LogP contribution in [0.2, 0.25) is 0 Å². The van der Waals surface area contributed by atoms with Crippen molar-refractivity contribution in [1.82, 2.24) is 0 Å². The van der Waals surface area contributed by atoms with E-state index in [1.54, 1.807) is 6.92 Å². The number of allylic oxidation sites excluding steroid dienone is 1. The van der Waals surface area contributed by atoms with Gasteiger partial charge in [0.1, 0.15) is 11.7 Å². The van der Waals surface area contributed by atoms with E-state index in [0.717, 1.165) is 25.7 Å². The van der Waals surface area contributed by atoms with Gasteiger partial charge < -0.3 is 4.74 Å². The zero-order valence-corrected chi connectivity index (χ0v) is 9.91. The monoisotopic (exact) mass is 224 g/mol. The van der Waals surface area contributed by atoms with E-state index in [-0.39, 0.29) is 17.7 Å². The molecule has 0 saturated heterocycles. The molecule has 0 aromatic rings. The van der Waals surface area contributed by atoms with Crippen LogP contribution in [0.5, 0.6) is 0 Å². The molecule has 0 heterocycles. The maximum atomic E-state index is 12.0. The third-order valence-electron chi connectivity index (χ3n) is 3.08. The Morgan fingerprint density at radius 1 is 1.56 bits per heavy atom. The molecule has 0 bridgehead atoms. The Kier molecular flexibility index (Phi) is 5.23. The minimum Gasteiger partial charge on any atom is -0.465 e. The van der Waals surface area contributed by atoms with Crippen LogP contribution in [0.3, 0.4) is 0 Å². The molecule has 0 spiro atoms. The number of esters is 1. The predicted molar refractivity (Wildman–Crippen MR) is 61.9 cm³/mol. The number of ketones is 1. The third-order valence-corrected chi connectivity index (χ3v) is 3.08. The van der Waals surface area contributed by atoms with Gasteiger partial charge in [-0.3, -0.25) is 9.59 Å². The summed E-state index contributed by atoms with van der Waals surface area (Å²) in [5.41, 5.74) is 0. The Morgan fingerprint density at radius 3 is 2.94 bits per heavy atom. The Balaban J connectivity index is 2.56. The fraction of sp³-hybridized carbons (Fsp3) is 0.692. The molecule has 0 N–H and O–H groups in total. The number of hydrogen-bond acceptors (Lipinski definition) is 3. The first-order chi connectivity index (χ1) is 7.70. The van der Waals surface area contributed by atoms with Gasteiger partial charge >= 0.3 is 5.97 Å². The molecule has 0 amide bonds. The average Bonchev–Trinajstić information content (AvgIpc) is 2.28. The molecule has 3 heteroatoms. The molecule has 1 aliphatic carbocycles. The van der Waals surface area contributed by atoms with Gasteiger partial charge in [0.2, 0.25) is 0 Å². The SMILES string of the molecule is C=CCCC1CCCC(C(=O)OCC)C1=O. The lowest BCUT2D eigenvalue weighted by molar-refractivity contribution is -0.154. The lowest BCUT2D eigenvalue weighted by Gasteiger charge is -2.26. The molecule has 0 radical (unpaired) electrons. The molecule has 0 aromatic carbocycles. The van der Waals surface area contributed by atoms with Gasteiger partial charge in [-0.2, -0.15) is 0 Å². The van der Waals surface area contributed by atoms with Gasteiger partial charge in [-0.1, -0.05) is 12.5 Å². The van der Waals surface area contributed by atoms with E-state index in [9.17, 15) is 9.59 Å². The minimum atomic E-state index is -0.511. The summed E-state index contributed by atoms with van der Waals surface area (Å²) < 4.78 is 4.92. The van der Waals surface area contributed by atoms with Crippen molar-refractivity contribution in [1.29, 1.82) is 0 Å². The topological polar surface area (TPSA) is 43.4 Å². The van der Waals surface area contributed by atoms with Crippen molar-refractivity contribution in [2.24, 2.45) is 11.8 Å². The maximum Gasteiger partial charge on any atom is 0.316 e. The van der Waals surface area contributed by atoms with Gasteiger partial charge in [0, 0.05) is 5.92 Å². The summed E-state index contributed by atoms with van der Waals surface area (Å²) in [6, 6.07) is 0. The van der Waals surface area contributed by atoms with Crippen molar-refractivity contribution in [2.75, 3.05) is 6.61 Å². The molecule has 16 heavy (non-hydrogen) atoms. The second kappa shape index (κ2) is 6.46. The first-order valence-corrected chi connectivity index (χ1v) is 6.02. The summed E-state index contributed by atoms with van der Waals surface area (Å²) in [5.74, 6) is -0.743. The molecule has 1 aliphatic rings. The molecule has 3 nitrogen and oxygen atoms in total. The van der Waals surface area contributed by atoms with Crippen LogP contribution >= 0.6 is 0 Å². The van der Waals surface area contributed by atoms with Gasteiger partial charge in [0.15, 0.2) is 0 Å². The lowest BCUT2D eigenvalue weighted by Crippen LogP contribution is -2.34. The summed E-state index contributed by atoms with van der Waals surface area (Å²) in [6.45, 7) is 5.76. The quantitative estimate of drug-likeness (QED) is 0.409. The van der Waals surface area contributed by atoms with E-state index >= 15 is 0 Å². The number of rotatable bonds is 5. The molecule has 1 rings (SSSR count). The fourth-order valence-electron chi connectivity index (χ4n) is 2.22. The Labute approximate surface area is 96.9 Å². The molecule has 0 aromatic heterocycles. The largest absolute Gasteiger partial charge is 0.465 e. The van der Waals surface area contributed by atoms with Crippen LogP contribution in [0.1, 0.15) is 39.0 Å². The smallest absolute Gasteiger partial charge is 0.316 e. The van der Waals surface area contributed by atoms with Crippen LogP contribution in [-0.2, 0) is 14.3 Å². The van der Waals surface area contributed by atoms with Crippen LogP contribution in [-0.4, -0.2) is 18.4 Å². The summed E-state index contributed by atoms with van der Waals surface area (Å²) in [4.78, 5) is 23.6. The molecule has 1 saturated carbocycles. The number of Topliss-reactive ketones (excluding diaryl/α,β-unsaturated/α-hetero) is 1. The third kappa shape index (κ3) is 3.19. The number of ether oxygens (including phenoxy) is 1. The molecular weight excluding hydrogens is 204 g/mol. The first-order valence-electron chi connectivity index (χ1n) is 6.02. The van der Waals surface area contributed by atoms with Crippen LogP contribution in [0.15, 0.2) is 12.7 Å². The Morgan fingerprint density at radius 2 is 2.31 bits per heavy atom. The highest BCUT2D eigenvalue weighted by molar-refractivity contribution is 6.00. The van der Waals surface area contributed by atoms with Crippen molar-refractivity contribution in [3.63, 3.8) is 0 Å². The van der Waals surface area contributed by atoms with Crippen LogP contribution < -0.4 is 0 Å². The number of carbonyl (C=O) groups is 2. The standard InChI is InChI=1S/C13H20O3/c1-3-5-7-10-8-6-9-11(12(10)14)13(15)16-4-2/h3,10-11H,1,4-9H2,2H3. The van der Waals surface area contributed by atoms with Gasteiger partial charge in [0.05, 0.1) is 6.61 Å². The molecule has 90 valence electrons. The summed E-state index contributed by atoms with van der Waals surface area (Å²) in [7, 11) is 0. The van der Waals surface area contributed by atoms with E-state index < -0.39 is 5.92 Å². The van der Waals surface area contributed by atoms with Crippen molar-refractivity contribution < 1.29 is 14.3 Å². The average molecular weight is 224 g/mol. The van der Waals surface area contributed by atoms with Crippen LogP contribution in [0.25, 0.3) is 0 Å². The number of hydrogen-bond donors (Lipinski definition) is 0. The zero-order valence-electron chi connectivity index (χ0n) is 9.91. The Bertz CT molecular complexity index is 270. The van der Waals surface area contributed by atoms with E-state index in [1.807, 2.05) is 6.08 Å². The molecule has 2 atom stereocenters. The van der Waals surface area contributed by atoms with Crippen molar-refractivity contribution >= 4 is 11.8 Å². The number of carbonyl (C=O) groups excluding carboxylic acids is 2. The highest BCUT2D eigenvalue weighted by atomic mass is 16.5. The molecule has 0 aliphatic heterocycles. The second-order valence-electron chi connectivity index (χ2n) is 4.20. The zero-order chi connectivity index (χ0) is 12.0. The van der Waals surface area contributed by atoms with Crippen molar-refractivity contribution in [2.45, 2.75) is 39.0 Å². The van der Waals surface area contributed by atoms with E-state index in [0.29, 0.717) is 13.0 Å². The minimum absolute atomic E-state index is 0.0288. The maximum absolute atomic E-state index is 12.0. The molecule has 2 unspecified atom stereocenters. The predicted octanol–water partition coefficient (Wildman–Crippen LogP) is 2.50. The summed E-state index contributed by atoms with van der Waals surface area (Å²) >= 11 is 0. The fourth-order valence-corrected chi connectivity index (χ4v) is 2.22. The van der Waals surface area contributed by atoms with E-state index in [1.165, 1.54) is 0 Å². The molecular formula is C13H20O3. The second-order valence-corrected chi connectivity index (χ2v) is 4.20. The highest BCUT2D eigenvalue weighted by Gasteiger charge is 2.36.